The summed E-state index contributed by atoms with van der Waals surface area (Å²) in [6.45, 7) is 5.51. The van der Waals surface area contributed by atoms with Gasteiger partial charge in [0.25, 0.3) is 11.5 Å². The molecule has 2 N–H and O–H groups in total. The van der Waals surface area contributed by atoms with E-state index in [0.29, 0.717) is 32.9 Å². The summed E-state index contributed by atoms with van der Waals surface area (Å²) in [5, 5.41) is 4.68. The number of aromatic nitrogens is 3. The van der Waals surface area contributed by atoms with Crippen LogP contribution in [0.3, 0.4) is 0 Å². The molecule has 8 heteroatoms. The zero-order chi connectivity index (χ0) is 21.6. The number of aromatic amines is 1. The van der Waals surface area contributed by atoms with Crippen LogP contribution in [-0.2, 0) is 13.5 Å². The van der Waals surface area contributed by atoms with E-state index in [9.17, 15) is 9.59 Å². The summed E-state index contributed by atoms with van der Waals surface area (Å²) in [6, 6.07) is 5.91. The van der Waals surface area contributed by atoms with Crippen LogP contribution in [0.2, 0.25) is 0 Å². The Morgan fingerprint density at radius 2 is 2.13 bits per heavy atom. The molecule has 0 aliphatic heterocycles. The van der Waals surface area contributed by atoms with Crippen LogP contribution in [0.1, 0.15) is 33.5 Å². The predicted molar refractivity (Wildman–Crippen MR) is 120 cm³/mol. The van der Waals surface area contributed by atoms with Gasteiger partial charge in [0.05, 0.1) is 17.4 Å². The molecule has 1 amide bonds. The molecule has 0 aliphatic rings. The monoisotopic (exact) mass is 424 g/mol. The fourth-order valence-electron chi connectivity index (χ4n) is 3.88. The zero-order valence-corrected chi connectivity index (χ0v) is 18.4. The fourth-order valence-corrected chi connectivity index (χ4v) is 5.01. The Bertz CT molecular complexity index is 1330. The van der Waals surface area contributed by atoms with Crippen LogP contribution in [0.4, 0.5) is 0 Å². The van der Waals surface area contributed by atoms with Crippen molar-refractivity contribution in [1.29, 1.82) is 0 Å². The second-order valence-corrected chi connectivity index (χ2v) is 8.61. The first kappa shape index (κ1) is 20.2. The average Bonchev–Trinajstić information content (AvgIpc) is 3.18. The molecule has 4 aromatic rings. The Balaban J connectivity index is 1.58. The number of aryl methyl sites for hydroxylation is 3. The number of fused-ring (bicyclic) bond motifs is 2. The number of benzene rings is 1. The Morgan fingerprint density at radius 1 is 1.37 bits per heavy atom. The van der Waals surface area contributed by atoms with E-state index in [4.69, 9.17) is 4.74 Å². The lowest BCUT2D eigenvalue weighted by atomic mass is 10.1. The van der Waals surface area contributed by atoms with Crippen LogP contribution < -0.4 is 15.6 Å². The van der Waals surface area contributed by atoms with Gasteiger partial charge >= 0.3 is 0 Å². The summed E-state index contributed by atoms with van der Waals surface area (Å²) in [5.74, 6) is 1.17. The van der Waals surface area contributed by atoms with E-state index in [-0.39, 0.29) is 17.5 Å². The summed E-state index contributed by atoms with van der Waals surface area (Å²) < 4.78 is 7.44. The van der Waals surface area contributed by atoms with Gasteiger partial charge in [0.2, 0.25) is 0 Å². The molecule has 7 nitrogen and oxygen atoms in total. The first-order chi connectivity index (χ1) is 14.3. The molecule has 0 saturated heterocycles. The van der Waals surface area contributed by atoms with Gasteiger partial charge in [-0.2, -0.15) is 0 Å². The molecule has 156 valence electrons. The standard InChI is InChI=1S/C22H24N4O3S/c1-11(8-14-10-26(4)17-7-6-15(29-5)9-16(14)17)23-21(28)19-12(2)18-20(27)24-13(3)25-22(18)30-19/h6-7,9-11H,8H2,1-5H3,(H,23,28)(H,24,25,27). The molecule has 30 heavy (non-hydrogen) atoms. The summed E-state index contributed by atoms with van der Waals surface area (Å²) in [5.41, 5.74) is 2.72. The first-order valence-corrected chi connectivity index (χ1v) is 10.5. The number of methoxy groups -OCH3 is 1. The minimum absolute atomic E-state index is 0.0908. The molecule has 3 aromatic heterocycles. The van der Waals surface area contributed by atoms with Crippen molar-refractivity contribution in [2.45, 2.75) is 33.2 Å². The van der Waals surface area contributed by atoms with Gasteiger partial charge in [0.1, 0.15) is 16.4 Å². The van der Waals surface area contributed by atoms with Crippen LogP contribution in [0.5, 0.6) is 5.75 Å². The highest BCUT2D eigenvalue weighted by molar-refractivity contribution is 7.20. The third-order valence-electron chi connectivity index (χ3n) is 5.31. The number of thiophene rings is 1. The molecular weight excluding hydrogens is 400 g/mol. The second-order valence-electron chi connectivity index (χ2n) is 7.61. The van der Waals surface area contributed by atoms with Gasteiger partial charge in [-0.25, -0.2) is 4.98 Å². The highest BCUT2D eigenvalue weighted by Gasteiger charge is 2.21. The summed E-state index contributed by atoms with van der Waals surface area (Å²) in [7, 11) is 3.66. The number of hydrogen-bond acceptors (Lipinski definition) is 5. The first-order valence-electron chi connectivity index (χ1n) is 9.71. The maximum absolute atomic E-state index is 12.9. The van der Waals surface area contributed by atoms with E-state index >= 15 is 0 Å². The maximum atomic E-state index is 12.9. The van der Waals surface area contributed by atoms with Crippen molar-refractivity contribution in [1.82, 2.24) is 19.9 Å². The van der Waals surface area contributed by atoms with Crippen molar-refractivity contribution in [2.75, 3.05) is 7.11 Å². The molecule has 0 radical (unpaired) electrons. The number of carbonyl (C=O) groups is 1. The Labute approximate surface area is 177 Å². The minimum Gasteiger partial charge on any atom is -0.497 e. The minimum atomic E-state index is -0.206. The predicted octanol–water partition coefficient (Wildman–Crippen LogP) is 3.46. The Kier molecular flexibility index (Phi) is 5.11. The lowest BCUT2D eigenvalue weighted by Gasteiger charge is -2.13. The fraction of sp³-hybridized carbons (Fsp3) is 0.318. The third-order valence-corrected chi connectivity index (χ3v) is 6.49. The normalized spacial score (nSPS) is 12.4. The van der Waals surface area contributed by atoms with Crippen molar-refractivity contribution < 1.29 is 9.53 Å². The summed E-state index contributed by atoms with van der Waals surface area (Å²) in [6.07, 6.45) is 2.77. The van der Waals surface area contributed by atoms with Crippen LogP contribution in [0, 0.1) is 13.8 Å². The summed E-state index contributed by atoms with van der Waals surface area (Å²) in [4.78, 5) is 33.4. The SMILES string of the molecule is COc1ccc2c(c1)c(CC(C)NC(=O)c1sc3nc(C)[nH]c(=O)c3c1C)cn2C. The Hall–Kier alpha value is -3.13. The van der Waals surface area contributed by atoms with Gasteiger partial charge in [-0.1, -0.05) is 0 Å². The number of nitrogens with one attached hydrogen (secondary N) is 2. The van der Waals surface area contributed by atoms with Crippen molar-refractivity contribution in [3.8, 4) is 5.75 Å². The number of rotatable bonds is 5. The zero-order valence-electron chi connectivity index (χ0n) is 17.6. The van der Waals surface area contributed by atoms with Gasteiger partial charge in [0, 0.05) is 30.2 Å². The molecular formula is C22H24N4O3S. The van der Waals surface area contributed by atoms with Gasteiger partial charge < -0.3 is 19.6 Å². The van der Waals surface area contributed by atoms with Crippen LogP contribution in [-0.4, -0.2) is 33.6 Å². The van der Waals surface area contributed by atoms with Crippen LogP contribution >= 0.6 is 11.3 Å². The number of amides is 1. The van der Waals surface area contributed by atoms with Gasteiger partial charge in [0.15, 0.2) is 0 Å². The smallest absolute Gasteiger partial charge is 0.261 e. The molecule has 1 atom stereocenters. The molecule has 0 bridgehead atoms. The van der Waals surface area contributed by atoms with Gasteiger partial charge in [-0.3, -0.25) is 9.59 Å². The molecule has 4 rings (SSSR count). The van der Waals surface area contributed by atoms with E-state index in [1.807, 2.05) is 32.2 Å². The van der Waals surface area contributed by atoms with Gasteiger partial charge in [-0.15, -0.1) is 11.3 Å². The van der Waals surface area contributed by atoms with Crippen molar-refractivity contribution in [2.24, 2.45) is 7.05 Å². The van der Waals surface area contributed by atoms with Crippen molar-refractivity contribution in [3.05, 3.63) is 56.6 Å². The van der Waals surface area contributed by atoms with Crippen molar-refractivity contribution >= 4 is 38.4 Å². The van der Waals surface area contributed by atoms with E-state index in [1.54, 1.807) is 21.0 Å². The molecule has 0 aliphatic carbocycles. The van der Waals surface area contributed by atoms with E-state index in [2.05, 4.69) is 26.0 Å². The number of carbonyl (C=O) groups excluding carboxylic acids is 1. The maximum Gasteiger partial charge on any atom is 0.261 e. The van der Waals surface area contributed by atoms with Crippen LogP contribution in [0.15, 0.2) is 29.2 Å². The molecule has 0 spiro atoms. The highest BCUT2D eigenvalue weighted by atomic mass is 32.1. The van der Waals surface area contributed by atoms with Crippen molar-refractivity contribution in [3.63, 3.8) is 0 Å². The lowest BCUT2D eigenvalue weighted by molar-refractivity contribution is 0.0944. The van der Waals surface area contributed by atoms with Gasteiger partial charge in [-0.05, 0) is 56.5 Å². The highest BCUT2D eigenvalue weighted by Crippen LogP contribution is 2.28. The van der Waals surface area contributed by atoms with E-state index < -0.39 is 0 Å². The molecule has 0 fully saturated rings. The average molecular weight is 425 g/mol. The van der Waals surface area contributed by atoms with Crippen LogP contribution in [0.25, 0.3) is 21.1 Å². The number of H-pyrrole nitrogens is 1. The summed E-state index contributed by atoms with van der Waals surface area (Å²) >= 11 is 1.26. The molecule has 0 saturated carbocycles. The Morgan fingerprint density at radius 3 is 2.87 bits per heavy atom. The largest absolute Gasteiger partial charge is 0.497 e. The molecule has 3 heterocycles. The topological polar surface area (TPSA) is 89.0 Å². The lowest BCUT2D eigenvalue weighted by Crippen LogP contribution is -2.34. The van der Waals surface area contributed by atoms with E-state index in [0.717, 1.165) is 22.2 Å². The molecule has 1 aromatic carbocycles. The second kappa shape index (κ2) is 7.60. The number of ether oxygens (including phenoxy) is 1. The third kappa shape index (κ3) is 3.47. The number of nitrogens with zero attached hydrogens (tertiary/aromatic N) is 2. The quantitative estimate of drug-likeness (QED) is 0.513. The number of hydrogen-bond donors (Lipinski definition) is 2. The molecule has 1 unspecified atom stereocenters. The van der Waals surface area contributed by atoms with E-state index in [1.165, 1.54) is 11.3 Å².